The van der Waals surface area contributed by atoms with Gasteiger partial charge < -0.3 is 8.80 Å². The average molecular weight is 218 g/mol. The van der Waals surface area contributed by atoms with Gasteiger partial charge in [-0.1, -0.05) is 26.6 Å². The van der Waals surface area contributed by atoms with Gasteiger partial charge in [0.15, 0.2) is 8.40 Å². The van der Waals surface area contributed by atoms with Crippen LogP contribution in [0.2, 0.25) is 32.7 Å². The van der Waals surface area contributed by atoms with Gasteiger partial charge in [0.2, 0.25) is 0 Å². The zero-order valence-corrected chi connectivity index (χ0v) is 12.6. The maximum Gasteiger partial charge on any atom is 0.193 e. The van der Waals surface area contributed by atoms with Crippen molar-refractivity contribution in [2.45, 2.75) is 39.7 Å². The number of nitrogens with zero attached hydrogens (tertiary/aromatic N) is 2. The van der Waals surface area contributed by atoms with Gasteiger partial charge in [-0.3, -0.25) is 0 Å². The fraction of sp³-hybridized carbons (Fsp3) is 1.00. The van der Waals surface area contributed by atoms with Crippen molar-refractivity contribution in [3.8, 4) is 0 Å². The van der Waals surface area contributed by atoms with Crippen molar-refractivity contribution in [3.63, 3.8) is 0 Å². The highest BCUT2D eigenvalue weighted by Gasteiger charge is 2.38. The molecule has 2 nitrogen and oxygen atoms in total. The summed E-state index contributed by atoms with van der Waals surface area (Å²) in [6.45, 7) is 15.7. The molecule has 0 aromatic rings. The zero-order valence-electron chi connectivity index (χ0n) is 10.6. The third-order valence-corrected chi connectivity index (χ3v) is 12.3. The smallest absolute Gasteiger partial charge is 0.193 e. The van der Waals surface area contributed by atoms with Crippen molar-refractivity contribution in [3.05, 3.63) is 0 Å². The van der Waals surface area contributed by atoms with Crippen molar-refractivity contribution in [1.82, 2.24) is 8.80 Å². The molecule has 0 aromatic heterocycles. The first kappa shape index (κ1) is 13.4. The summed E-state index contributed by atoms with van der Waals surface area (Å²) in [4.78, 5) is 0. The summed E-state index contributed by atoms with van der Waals surface area (Å²) in [5, 5.41) is 0. The lowest BCUT2D eigenvalue weighted by Crippen LogP contribution is -2.66. The highest BCUT2D eigenvalue weighted by Crippen LogP contribution is 2.20. The molecule has 0 fully saturated rings. The Morgan fingerprint density at radius 3 is 1.38 bits per heavy atom. The van der Waals surface area contributed by atoms with Crippen molar-refractivity contribution < 1.29 is 0 Å². The highest BCUT2D eigenvalue weighted by molar-refractivity contribution is 6.88. The van der Waals surface area contributed by atoms with Crippen LogP contribution in [0.3, 0.4) is 0 Å². The molecule has 0 saturated heterocycles. The van der Waals surface area contributed by atoms with Crippen molar-refractivity contribution >= 4 is 16.6 Å². The lowest BCUT2D eigenvalue weighted by molar-refractivity contribution is 0.513. The second-order valence-electron chi connectivity index (χ2n) is 5.30. The SMILES string of the molecule is CCN([Si](C)(C)C)[Si](C)(C)N(C)C. The topological polar surface area (TPSA) is 6.48 Å². The van der Waals surface area contributed by atoms with E-state index < -0.39 is 16.6 Å². The Bertz CT molecular complexity index is 161. The van der Waals surface area contributed by atoms with Crippen LogP contribution in [0.5, 0.6) is 0 Å². The van der Waals surface area contributed by atoms with Crippen LogP contribution in [0.25, 0.3) is 0 Å². The van der Waals surface area contributed by atoms with Crippen LogP contribution >= 0.6 is 0 Å². The van der Waals surface area contributed by atoms with Crippen LogP contribution in [-0.2, 0) is 0 Å². The lowest BCUT2D eigenvalue weighted by Gasteiger charge is -2.47. The molecule has 0 rings (SSSR count). The van der Waals surface area contributed by atoms with Crippen LogP contribution in [0, 0.1) is 0 Å². The largest absolute Gasteiger partial charge is 0.334 e. The molecule has 0 spiro atoms. The van der Waals surface area contributed by atoms with Gasteiger partial charge in [-0.2, -0.15) is 0 Å². The first-order valence-electron chi connectivity index (χ1n) is 5.09. The normalized spacial score (nSPS) is 14.3. The Labute approximate surface area is 86.2 Å². The molecule has 0 bridgehead atoms. The molecule has 0 aliphatic carbocycles. The fourth-order valence-electron chi connectivity index (χ4n) is 1.92. The summed E-state index contributed by atoms with van der Waals surface area (Å²) in [5.41, 5.74) is 0. The van der Waals surface area contributed by atoms with E-state index in [1.165, 1.54) is 6.54 Å². The summed E-state index contributed by atoms with van der Waals surface area (Å²) < 4.78 is 5.22. The minimum absolute atomic E-state index is 1.13. The molecule has 0 atom stereocenters. The molecule has 0 unspecified atom stereocenters. The van der Waals surface area contributed by atoms with Gasteiger partial charge in [-0.25, -0.2) is 0 Å². The predicted molar refractivity (Wildman–Crippen MR) is 66.9 cm³/mol. The van der Waals surface area contributed by atoms with Gasteiger partial charge in [0.1, 0.15) is 8.24 Å². The molecule has 0 saturated carbocycles. The molecule has 80 valence electrons. The minimum atomic E-state index is -1.32. The molecular formula is C9H26N2Si2. The van der Waals surface area contributed by atoms with Gasteiger partial charge in [0, 0.05) is 0 Å². The molecule has 0 heterocycles. The maximum atomic E-state index is 2.78. The van der Waals surface area contributed by atoms with Crippen molar-refractivity contribution in [1.29, 1.82) is 0 Å². The fourth-order valence-corrected chi connectivity index (χ4v) is 11.3. The number of rotatable bonds is 4. The van der Waals surface area contributed by atoms with Gasteiger partial charge >= 0.3 is 0 Å². The summed E-state index contributed by atoms with van der Waals surface area (Å²) in [7, 11) is 1.99. The minimum Gasteiger partial charge on any atom is -0.334 e. The Morgan fingerprint density at radius 1 is 0.923 bits per heavy atom. The molecule has 0 radical (unpaired) electrons. The molecule has 0 aromatic carbocycles. The molecule has 13 heavy (non-hydrogen) atoms. The first-order valence-corrected chi connectivity index (χ1v) is 11.4. The molecule has 0 N–H and O–H groups in total. The van der Waals surface area contributed by atoms with Gasteiger partial charge in [-0.05, 0) is 33.7 Å². The van der Waals surface area contributed by atoms with E-state index in [0.717, 1.165) is 0 Å². The molecule has 4 heteroatoms. The summed E-state index contributed by atoms with van der Waals surface area (Å²) >= 11 is 0. The van der Waals surface area contributed by atoms with E-state index in [0.29, 0.717) is 0 Å². The second kappa shape index (κ2) is 4.25. The molecule has 0 amide bonds. The Morgan fingerprint density at radius 2 is 1.31 bits per heavy atom. The summed E-state index contributed by atoms with van der Waals surface area (Å²) in [6.07, 6.45) is 0. The van der Waals surface area contributed by atoms with Crippen LogP contribution < -0.4 is 0 Å². The molecular weight excluding hydrogens is 192 g/mol. The van der Waals surface area contributed by atoms with E-state index in [4.69, 9.17) is 0 Å². The van der Waals surface area contributed by atoms with Crippen LogP contribution in [0.1, 0.15) is 6.92 Å². The zero-order chi connectivity index (χ0) is 10.9. The van der Waals surface area contributed by atoms with E-state index in [1.807, 2.05) is 0 Å². The van der Waals surface area contributed by atoms with Crippen molar-refractivity contribution in [2.75, 3.05) is 20.6 Å². The number of hydrogen-bond acceptors (Lipinski definition) is 2. The van der Waals surface area contributed by atoms with E-state index in [1.54, 1.807) is 0 Å². The lowest BCUT2D eigenvalue weighted by atomic mass is 10.8. The van der Waals surface area contributed by atoms with Gasteiger partial charge in [-0.15, -0.1) is 0 Å². The Balaban J connectivity index is 4.77. The molecule has 0 aliphatic heterocycles. The van der Waals surface area contributed by atoms with E-state index in [-0.39, 0.29) is 0 Å². The van der Waals surface area contributed by atoms with E-state index >= 15 is 0 Å². The van der Waals surface area contributed by atoms with E-state index in [2.05, 4.69) is 62.6 Å². The third-order valence-electron chi connectivity index (χ3n) is 2.88. The quantitative estimate of drug-likeness (QED) is 0.669. The van der Waals surface area contributed by atoms with Crippen LogP contribution in [0.15, 0.2) is 0 Å². The maximum absolute atomic E-state index is 2.78. The van der Waals surface area contributed by atoms with Crippen molar-refractivity contribution in [2.24, 2.45) is 0 Å². The Hall–Kier alpha value is 0.354. The number of hydrogen-bond donors (Lipinski definition) is 0. The van der Waals surface area contributed by atoms with E-state index in [9.17, 15) is 0 Å². The van der Waals surface area contributed by atoms with Gasteiger partial charge in [0.05, 0.1) is 0 Å². The second-order valence-corrected chi connectivity index (χ2v) is 15.1. The molecule has 0 aliphatic rings. The predicted octanol–water partition coefficient (Wildman–Crippen LogP) is 2.41. The standard InChI is InChI=1S/C9H26N2Si2/c1-9-11(12(4,5)6)13(7,8)10(2)3/h9H2,1-8H3. The average Bonchev–Trinajstić information content (AvgIpc) is 1.83. The van der Waals surface area contributed by atoms with Gasteiger partial charge in [0.25, 0.3) is 0 Å². The first-order chi connectivity index (χ1) is 5.64. The highest BCUT2D eigenvalue weighted by atomic mass is 28.4. The van der Waals surface area contributed by atoms with Crippen LogP contribution in [0.4, 0.5) is 0 Å². The van der Waals surface area contributed by atoms with Crippen LogP contribution in [-0.4, -0.2) is 46.1 Å². The summed E-state index contributed by atoms with van der Waals surface area (Å²) in [6, 6.07) is 0. The monoisotopic (exact) mass is 218 g/mol. The third kappa shape index (κ3) is 3.20. The summed E-state index contributed by atoms with van der Waals surface area (Å²) in [5.74, 6) is 0. The Kier molecular flexibility index (Phi) is 4.37.